The molecule has 6 nitrogen and oxygen atoms in total. The molecule has 1 unspecified atom stereocenters. The summed E-state index contributed by atoms with van der Waals surface area (Å²) in [5.74, 6) is -1.75. The number of nitrogen functional groups attached to an aromatic ring is 1. The average molecular weight is 266 g/mol. The second-order valence-electron chi connectivity index (χ2n) is 4.79. The molecule has 5 N–H and O–H groups in total. The van der Waals surface area contributed by atoms with Crippen LogP contribution in [0.15, 0.2) is 24.3 Å². The molecule has 0 bridgehead atoms. The predicted octanol–water partition coefficient (Wildman–Crippen LogP) is 0.108. The number of rotatable bonds is 5. The number of benzene rings is 1. The molecule has 1 aromatic carbocycles. The summed E-state index contributed by atoms with van der Waals surface area (Å²) in [6.45, 7) is 2.69. The number of carboxylic acid groups (broad SMARTS) is 1. The summed E-state index contributed by atoms with van der Waals surface area (Å²) in [6, 6.07) is 5.46. The molecule has 0 fully saturated rings. The fourth-order valence-corrected chi connectivity index (χ4v) is 1.56. The van der Waals surface area contributed by atoms with Crippen molar-refractivity contribution in [3.05, 3.63) is 29.8 Å². The van der Waals surface area contributed by atoms with Gasteiger partial charge in [0.15, 0.2) is 0 Å². The summed E-state index contributed by atoms with van der Waals surface area (Å²) in [6.07, 6.45) is 0. The molecule has 0 aliphatic rings. The smallest absolute Gasteiger partial charge is 0.328 e. The van der Waals surface area contributed by atoms with Gasteiger partial charge < -0.3 is 21.3 Å². The van der Waals surface area contributed by atoms with Crippen molar-refractivity contribution in [2.75, 3.05) is 12.3 Å². The second kappa shape index (κ2) is 5.71. The number of hydrogen-bond acceptors (Lipinski definition) is 4. The minimum absolute atomic E-state index is 0.473. The molecule has 1 atom stereocenters. The van der Waals surface area contributed by atoms with Gasteiger partial charge in [0, 0.05) is 5.69 Å². The van der Waals surface area contributed by atoms with Crippen LogP contribution in [0.4, 0.5) is 5.69 Å². The van der Waals surface area contributed by atoms with E-state index in [1.165, 1.54) is 0 Å². The maximum Gasteiger partial charge on any atom is 0.328 e. The molecule has 0 saturated heterocycles. The molecule has 0 aliphatic heterocycles. The summed E-state index contributed by atoms with van der Waals surface area (Å²) < 4.78 is 0. The van der Waals surface area contributed by atoms with E-state index in [0.717, 1.165) is 0 Å². The Balaban J connectivity index is 2.90. The molecule has 1 aromatic rings. The van der Waals surface area contributed by atoms with Crippen LogP contribution in [0.3, 0.4) is 0 Å². The molecule has 0 spiro atoms. The topological polar surface area (TPSA) is 113 Å². The van der Waals surface area contributed by atoms with Crippen LogP contribution in [0.5, 0.6) is 0 Å². The Morgan fingerprint density at radius 3 is 2.26 bits per heavy atom. The van der Waals surface area contributed by atoms with E-state index in [2.05, 4.69) is 5.32 Å². The molecule has 0 radical (unpaired) electrons. The van der Waals surface area contributed by atoms with Crippen molar-refractivity contribution in [2.45, 2.75) is 25.3 Å². The monoisotopic (exact) mass is 266 g/mol. The first-order valence-electron chi connectivity index (χ1n) is 5.79. The van der Waals surface area contributed by atoms with Crippen LogP contribution in [-0.2, 0) is 15.0 Å². The number of nitrogens with two attached hydrogens (primary N) is 1. The van der Waals surface area contributed by atoms with Gasteiger partial charge in [-0.15, -0.1) is 0 Å². The molecule has 1 amide bonds. The maximum atomic E-state index is 12.1. The maximum absolute atomic E-state index is 12.1. The molecule has 0 aromatic heterocycles. The first kappa shape index (κ1) is 15.0. The van der Waals surface area contributed by atoms with E-state index in [-0.39, 0.29) is 0 Å². The van der Waals surface area contributed by atoms with E-state index in [9.17, 15) is 9.59 Å². The number of carbonyl (C=O) groups is 2. The van der Waals surface area contributed by atoms with Gasteiger partial charge in [-0.1, -0.05) is 12.1 Å². The highest BCUT2D eigenvalue weighted by Crippen LogP contribution is 2.24. The fourth-order valence-electron chi connectivity index (χ4n) is 1.56. The molecule has 104 valence electrons. The SMILES string of the molecule is CC(C)(C(=O)NC(CO)C(=O)O)c1ccc(N)cc1. The summed E-state index contributed by atoms with van der Waals surface area (Å²) in [5, 5.41) is 20.0. The number of carbonyl (C=O) groups excluding carboxylic acids is 1. The first-order chi connectivity index (χ1) is 8.78. The van der Waals surface area contributed by atoms with E-state index in [4.69, 9.17) is 15.9 Å². The van der Waals surface area contributed by atoms with E-state index >= 15 is 0 Å². The summed E-state index contributed by atoms with van der Waals surface area (Å²) in [4.78, 5) is 22.9. The zero-order valence-corrected chi connectivity index (χ0v) is 10.9. The Morgan fingerprint density at radius 2 is 1.84 bits per heavy atom. The predicted molar refractivity (Wildman–Crippen MR) is 70.5 cm³/mol. The third-order valence-corrected chi connectivity index (χ3v) is 2.99. The normalized spacial score (nSPS) is 12.8. The lowest BCUT2D eigenvalue weighted by Crippen LogP contribution is -2.49. The lowest BCUT2D eigenvalue weighted by atomic mass is 9.83. The molecule has 19 heavy (non-hydrogen) atoms. The third-order valence-electron chi connectivity index (χ3n) is 2.99. The number of nitrogens with one attached hydrogen (secondary N) is 1. The molecule has 0 heterocycles. The number of aliphatic carboxylic acids is 1. The highest BCUT2D eigenvalue weighted by Gasteiger charge is 2.32. The Hall–Kier alpha value is -2.08. The van der Waals surface area contributed by atoms with E-state index in [1.807, 2.05) is 0 Å². The summed E-state index contributed by atoms with van der Waals surface area (Å²) in [5.41, 5.74) is 5.95. The number of aliphatic hydroxyl groups excluding tert-OH is 1. The highest BCUT2D eigenvalue weighted by atomic mass is 16.4. The molecule has 1 rings (SSSR count). The number of carboxylic acids is 1. The largest absolute Gasteiger partial charge is 0.480 e. The standard InChI is InChI=1S/C13H18N2O4/c1-13(2,8-3-5-9(14)6-4-8)12(19)15-10(7-16)11(17)18/h3-6,10,16H,7,14H2,1-2H3,(H,15,19)(H,17,18). The lowest BCUT2D eigenvalue weighted by Gasteiger charge is -2.26. The first-order valence-corrected chi connectivity index (χ1v) is 5.79. The van der Waals surface area contributed by atoms with E-state index in [0.29, 0.717) is 11.3 Å². The van der Waals surface area contributed by atoms with Gasteiger partial charge in [-0.25, -0.2) is 4.79 Å². The van der Waals surface area contributed by atoms with Gasteiger partial charge in [-0.3, -0.25) is 4.79 Å². The minimum Gasteiger partial charge on any atom is -0.480 e. The van der Waals surface area contributed by atoms with E-state index in [1.54, 1.807) is 38.1 Å². The van der Waals surface area contributed by atoms with Gasteiger partial charge in [0.05, 0.1) is 12.0 Å². The summed E-state index contributed by atoms with van der Waals surface area (Å²) in [7, 11) is 0. The Morgan fingerprint density at radius 1 is 1.32 bits per heavy atom. The van der Waals surface area contributed by atoms with E-state index < -0.39 is 29.9 Å². The average Bonchev–Trinajstić information content (AvgIpc) is 2.35. The Labute approximate surface area is 111 Å². The zero-order chi connectivity index (χ0) is 14.6. The Kier molecular flexibility index (Phi) is 4.50. The van der Waals surface area contributed by atoms with Crippen LogP contribution >= 0.6 is 0 Å². The zero-order valence-electron chi connectivity index (χ0n) is 10.9. The van der Waals surface area contributed by atoms with Crippen molar-refractivity contribution >= 4 is 17.6 Å². The third kappa shape index (κ3) is 3.45. The van der Waals surface area contributed by atoms with Gasteiger partial charge >= 0.3 is 5.97 Å². The van der Waals surface area contributed by atoms with Gasteiger partial charge in [-0.2, -0.15) is 0 Å². The van der Waals surface area contributed by atoms with Crippen molar-refractivity contribution in [3.63, 3.8) is 0 Å². The van der Waals surface area contributed by atoms with Gasteiger partial charge in [-0.05, 0) is 31.5 Å². The quantitative estimate of drug-likeness (QED) is 0.565. The van der Waals surface area contributed by atoms with Crippen LogP contribution < -0.4 is 11.1 Å². The second-order valence-corrected chi connectivity index (χ2v) is 4.79. The summed E-state index contributed by atoms with van der Waals surface area (Å²) >= 11 is 0. The van der Waals surface area contributed by atoms with Crippen molar-refractivity contribution in [2.24, 2.45) is 0 Å². The lowest BCUT2D eigenvalue weighted by molar-refractivity contribution is -0.143. The molecule has 0 saturated carbocycles. The number of hydrogen-bond donors (Lipinski definition) is 4. The molecule has 0 aliphatic carbocycles. The van der Waals surface area contributed by atoms with Crippen molar-refractivity contribution in [1.82, 2.24) is 5.32 Å². The molecule has 6 heteroatoms. The van der Waals surface area contributed by atoms with Gasteiger partial charge in [0.2, 0.25) is 5.91 Å². The van der Waals surface area contributed by atoms with Crippen LogP contribution in [-0.4, -0.2) is 34.7 Å². The van der Waals surface area contributed by atoms with Crippen molar-refractivity contribution in [3.8, 4) is 0 Å². The fraction of sp³-hybridized carbons (Fsp3) is 0.385. The van der Waals surface area contributed by atoms with Crippen LogP contribution in [0.25, 0.3) is 0 Å². The number of amides is 1. The van der Waals surface area contributed by atoms with Crippen molar-refractivity contribution < 1.29 is 19.8 Å². The van der Waals surface area contributed by atoms with Crippen molar-refractivity contribution in [1.29, 1.82) is 0 Å². The number of aliphatic hydroxyl groups is 1. The molecular formula is C13H18N2O4. The van der Waals surface area contributed by atoms with Crippen LogP contribution in [0.1, 0.15) is 19.4 Å². The van der Waals surface area contributed by atoms with Gasteiger partial charge in [0.1, 0.15) is 6.04 Å². The Bertz CT molecular complexity index is 468. The van der Waals surface area contributed by atoms with Crippen LogP contribution in [0, 0.1) is 0 Å². The van der Waals surface area contributed by atoms with Crippen LogP contribution in [0.2, 0.25) is 0 Å². The highest BCUT2D eigenvalue weighted by molar-refractivity contribution is 5.90. The minimum atomic E-state index is -1.31. The number of anilines is 1. The van der Waals surface area contributed by atoms with Gasteiger partial charge in [0.25, 0.3) is 0 Å². The molecular weight excluding hydrogens is 248 g/mol.